The molecule has 0 fully saturated rings. The van der Waals surface area contributed by atoms with Crippen LogP contribution in [-0.4, -0.2) is 6.54 Å². The topological polar surface area (TPSA) is 3.24 Å². The molecule has 0 unspecified atom stereocenters. The molecule has 1 aromatic rings. The number of anilines is 1. The molecule has 0 bridgehead atoms. The van der Waals surface area contributed by atoms with Gasteiger partial charge in [-0.05, 0) is 30.2 Å². The van der Waals surface area contributed by atoms with Crippen LogP contribution in [0.15, 0.2) is 34.9 Å². The first-order valence-corrected chi connectivity index (χ1v) is 8.04. The van der Waals surface area contributed by atoms with E-state index < -0.39 is 0 Å². The van der Waals surface area contributed by atoms with E-state index in [0.29, 0.717) is 0 Å². The van der Waals surface area contributed by atoms with Crippen LogP contribution in [-0.2, 0) is 5.41 Å². The fraction of sp³-hybridized carbons (Fsp3) is 0.529. The van der Waals surface area contributed by atoms with Gasteiger partial charge in [-0.3, -0.25) is 0 Å². The lowest BCUT2D eigenvalue weighted by atomic mass is 9.84. The van der Waals surface area contributed by atoms with Crippen LogP contribution in [0.1, 0.15) is 52.0 Å². The van der Waals surface area contributed by atoms with E-state index in [1.807, 2.05) is 0 Å². The molecule has 1 aromatic carbocycles. The zero-order valence-electron chi connectivity index (χ0n) is 12.3. The largest absolute Gasteiger partial charge is 0.345 e. The quantitative estimate of drug-likeness (QED) is 0.634. The van der Waals surface area contributed by atoms with Crippen molar-refractivity contribution in [1.29, 1.82) is 0 Å². The third-order valence-electron chi connectivity index (χ3n) is 4.21. The highest BCUT2D eigenvalue weighted by molar-refractivity contribution is 9.10. The van der Waals surface area contributed by atoms with Gasteiger partial charge in [0.05, 0.1) is 0 Å². The number of unbranched alkanes of at least 4 members (excludes halogenated alkanes) is 3. The van der Waals surface area contributed by atoms with E-state index in [9.17, 15) is 0 Å². The number of rotatable bonds is 5. The summed E-state index contributed by atoms with van der Waals surface area (Å²) in [5, 5.41) is 0. The Hall–Kier alpha value is -0.760. The summed E-state index contributed by atoms with van der Waals surface area (Å²) in [4.78, 5) is 2.41. The maximum Gasteiger partial charge on any atom is 0.0451 e. The molecule has 0 spiro atoms. The highest BCUT2D eigenvalue weighted by Gasteiger charge is 2.38. The standard InChI is InChI=1S/C17H24BrN/c1-5-6-7-8-11-19-13(2)17(3,4)15-12-14(18)9-10-16(15)19/h9-10,12H,2,5-8,11H2,1,3-4H3. The Morgan fingerprint density at radius 3 is 2.63 bits per heavy atom. The monoisotopic (exact) mass is 321 g/mol. The first-order valence-electron chi connectivity index (χ1n) is 7.25. The maximum atomic E-state index is 4.34. The van der Waals surface area contributed by atoms with E-state index in [-0.39, 0.29) is 5.41 Å². The Balaban J connectivity index is 2.20. The summed E-state index contributed by atoms with van der Waals surface area (Å²) in [6.07, 6.45) is 5.18. The zero-order valence-corrected chi connectivity index (χ0v) is 13.9. The van der Waals surface area contributed by atoms with Crippen LogP contribution in [0.3, 0.4) is 0 Å². The molecule has 104 valence electrons. The summed E-state index contributed by atoms with van der Waals surface area (Å²) in [5.41, 5.74) is 4.01. The Labute approximate surface area is 125 Å². The molecule has 0 atom stereocenters. The molecule has 2 rings (SSSR count). The number of hydrogen-bond donors (Lipinski definition) is 0. The van der Waals surface area contributed by atoms with Crippen molar-refractivity contribution >= 4 is 21.6 Å². The Morgan fingerprint density at radius 1 is 1.21 bits per heavy atom. The normalized spacial score (nSPS) is 16.8. The molecule has 0 saturated carbocycles. The second kappa shape index (κ2) is 5.70. The van der Waals surface area contributed by atoms with Crippen LogP contribution in [0.2, 0.25) is 0 Å². The molecule has 1 nitrogen and oxygen atoms in total. The van der Waals surface area contributed by atoms with Crippen molar-refractivity contribution in [2.75, 3.05) is 11.4 Å². The van der Waals surface area contributed by atoms with Crippen molar-refractivity contribution in [2.24, 2.45) is 0 Å². The van der Waals surface area contributed by atoms with E-state index in [1.54, 1.807) is 0 Å². The van der Waals surface area contributed by atoms with Gasteiger partial charge in [0.25, 0.3) is 0 Å². The summed E-state index contributed by atoms with van der Waals surface area (Å²) in [5.74, 6) is 0. The second-order valence-electron chi connectivity index (χ2n) is 5.95. The predicted octanol–water partition coefficient (Wildman–Crippen LogP) is 5.64. The average molecular weight is 322 g/mol. The van der Waals surface area contributed by atoms with Crippen LogP contribution < -0.4 is 4.90 Å². The number of allylic oxidation sites excluding steroid dienone is 1. The summed E-state index contributed by atoms with van der Waals surface area (Å²) < 4.78 is 1.15. The first kappa shape index (κ1) is 14.6. The van der Waals surface area contributed by atoms with Gasteiger partial charge in [-0.1, -0.05) is 62.5 Å². The average Bonchev–Trinajstić information content (AvgIpc) is 2.55. The molecule has 1 aliphatic rings. The minimum Gasteiger partial charge on any atom is -0.345 e. The second-order valence-corrected chi connectivity index (χ2v) is 6.86. The van der Waals surface area contributed by atoms with Crippen LogP contribution in [0.5, 0.6) is 0 Å². The maximum absolute atomic E-state index is 4.34. The van der Waals surface area contributed by atoms with Crippen molar-refractivity contribution in [3.63, 3.8) is 0 Å². The third kappa shape index (κ3) is 2.74. The molecule has 0 aliphatic carbocycles. The highest BCUT2D eigenvalue weighted by atomic mass is 79.9. The van der Waals surface area contributed by atoms with Crippen molar-refractivity contribution in [3.05, 3.63) is 40.5 Å². The molecule has 0 radical (unpaired) electrons. The highest BCUT2D eigenvalue weighted by Crippen LogP contribution is 2.47. The molecule has 0 aromatic heterocycles. The Bertz CT molecular complexity index is 476. The minimum atomic E-state index is 0.0455. The molecule has 2 heteroatoms. The lowest BCUT2D eigenvalue weighted by Crippen LogP contribution is -2.26. The SMILES string of the molecule is C=C1N(CCCCCC)c2ccc(Br)cc2C1(C)C. The lowest BCUT2D eigenvalue weighted by molar-refractivity contribution is 0.614. The van der Waals surface area contributed by atoms with Crippen molar-refractivity contribution in [1.82, 2.24) is 0 Å². The Morgan fingerprint density at radius 2 is 1.95 bits per heavy atom. The zero-order chi connectivity index (χ0) is 14.0. The Kier molecular flexibility index (Phi) is 4.39. The lowest BCUT2D eigenvalue weighted by Gasteiger charge is -2.25. The number of hydrogen-bond acceptors (Lipinski definition) is 1. The molecular formula is C17H24BrN. The molecule has 0 N–H and O–H groups in total. The summed E-state index contributed by atoms with van der Waals surface area (Å²) in [7, 11) is 0. The number of fused-ring (bicyclic) bond motifs is 1. The van der Waals surface area contributed by atoms with Crippen LogP contribution in [0.25, 0.3) is 0 Å². The third-order valence-corrected chi connectivity index (χ3v) is 4.70. The number of benzene rings is 1. The van der Waals surface area contributed by atoms with Gasteiger partial charge in [-0.2, -0.15) is 0 Å². The van der Waals surface area contributed by atoms with Crippen LogP contribution in [0, 0.1) is 0 Å². The fourth-order valence-corrected chi connectivity index (χ4v) is 3.20. The number of halogens is 1. The van der Waals surface area contributed by atoms with Gasteiger partial charge in [0.2, 0.25) is 0 Å². The molecule has 0 saturated heterocycles. The van der Waals surface area contributed by atoms with Gasteiger partial charge in [0.1, 0.15) is 0 Å². The van der Waals surface area contributed by atoms with E-state index in [2.05, 4.69) is 66.4 Å². The van der Waals surface area contributed by atoms with Crippen molar-refractivity contribution in [2.45, 2.75) is 51.9 Å². The summed E-state index contributed by atoms with van der Waals surface area (Å²) in [6, 6.07) is 6.60. The molecule has 0 amide bonds. The summed E-state index contributed by atoms with van der Waals surface area (Å²) >= 11 is 3.58. The molecule has 1 aliphatic heterocycles. The van der Waals surface area contributed by atoms with E-state index in [0.717, 1.165) is 11.0 Å². The predicted molar refractivity (Wildman–Crippen MR) is 87.8 cm³/mol. The summed E-state index contributed by atoms with van der Waals surface area (Å²) in [6.45, 7) is 12.2. The minimum absolute atomic E-state index is 0.0455. The first-order chi connectivity index (χ1) is 8.98. The van der Waals surface area contributed by atoms with E-state index in [1.165, 1.54) is 42.6 Å². The van der Waals surface area contributed by atoms with Crippen molar-refractivity contribution in [3.8, 4) is 0 Å². The van der Waals surface area contributed by atoms with Crippen molar-refractivity contribution < 1.29 is 0 Å². The van der Waals surface area contributed by atoms with Crippen LogP contribution >= 0.6 is 15.9 Å². The van der Waals surface area contributed by atoms with Gasteiger partial charge >= 0.3 is 0 Å². The fourth-order valence-electron chi connectivity index (χ4n) is 2.83. The molecule has 1 heterocycles. The van der Waals surface area contributed by atoms with E-state index >= 15 is 0 Å². The molecular weight excluding hydrogens is 298 g/mol. The van der Waals surface area contributed by atoms with Gasteiger partial charge in [-0.25, -0.2) is 0 Å². The molecule has 19 heavy (non-hydrogen) atoms. The van der Waals surface area contributed by atoms with Crippen LogP contribution in [0.4, 0.5) is 5.69 Å². The van der Waals surface area contributed by atoms with Gasteiger partial charge in [0, 0.05) is 27.8 Å². The number of nitrogens with zero attached hydrogens (tertiary/aromatic N) is 1. The smallest absolute Gasteiger partial charge is 0.0451 e. The van der Waals surface area contributed by atoms with Gasteiger partial charge in [0.15, 0.2) is 0 Å². The van der Waals surface area contributed by atoms with Gasteiger partial charge < -0.3 is 4.90 Å². The van der Waals surface area contributed by atoms with Gasteiger partial charge in [-0.15, -0.1) is 0 Å². The van der Waals surface area contributed by atoms with E-state index in [4.69, 9.17) is 0 Å².